The first kappa shape index (κ1) is 25.2. The van der Waals surface area contributed by atoms with Gasteiger partial charge in [0.1, 0.15) is 12.4 Å². The highest BCUT2D eigenvalue weighted by molar-refractivity contribution is 5.93. The molecule has 2 N–H and O–H groups in total. The van der Waals surface area contributed by atoms with Gasteiger partial charge in [-0.05, 0) is 74.1 Å². The number of hydrogen-bond acceptors (Lipinski definition) is 5. The van der Waals surface area contributed by atoms with E-state index in [9.17, 15) is 14.7 Å². The molecule has 1 heterocycles. The summed E-state index contributed by atoms with van der Waals surface area (Å²) in [6.45, 7) is 9.30. The summed E-state index contributed by atoms with van der Waals surface area (Å²) >= 11 is 0. The average Bonchev–Trinajstić information content (AvgIpc) is 3.26. The molecule has 0 spiro atoms. The quantitative estimate of drug-likeness (QED) is 0.454. The molecule has 2 aliphatic carbocycles. The van der Waals surface area contributed by atoms with Gasteiger partial charge in [0.2, 0.25) is 5.91 Å². The number of rotatable bonds is 7. The van der Waals surface area contributed by atoms with Crippen molar-refractivity contribution in [2.24, 2.45) is 22.7 Å². The fourth-order valence-corrected chi connectivity index (χ4v) is 6.47. The third kappa shape index (κ3) is 4.68. The Balaban J connectivity index is 1.50. The van der Waals surface area contributed by atoms with Crippen LogP contribution in [0, 0.1) is 22.7 Å². The van der Waals surface area contributed by atoms with Crippen molar-refractivity contribution in [1.82, 2.24) is 5.32 Å². The van der Waals surface area contributed by atoms with Gasteiger partial charge in [-0.15, -0.1) is 0 Å². The lowest BCUT2D eigenvalue weighted by Gasteiger charge is -2.58. The van der Waals surface area contributed by atoms with Crippen molar-refractivity contribution >= 4 is 11.9 Å². The summed E-state index contributed by atoms with van der Waals surface area (Å²) in [5, 5.41) is 14.2. The predicted molar refractivity (Wildman–Crippen MR) is 135 cm³/mol. The Bertz CT molecular complexity index is 1040. The SMILES string of the molecule is C=C1CC[C@H]2[C@@](C)(CC[C@@H](O)[C@@]2(C)C(=O)NCCc2ccc(OC)cc2)[C@@H]1/C=C/C1=CCOC1=O. The van der Waals surface area contributed by atoms with E-state index in [1.165, 1.54) is 0 Å². The van der Waals surface area contributed by atoms with Crippen LogP contribution in [0.1, 0.15) is 45.1 Å². The zero-order valence-corrected chi connectivity index (χ0v) is 21.0. The lowest BCUT2D eigenvalue weighted by atomic mass is 9.46. The van der Waals surface area contributed by atoms with Crippen molar-refractivity contribution in [1.29, 1.82) is 0 Å². The number of aliphatic hydroxyl groups is 1. The number of cyclic esters (lactones) is 1. The summed E-state index contributed by atoms with van der Waals surface area (Å²) in [5.74, 6) is 0.425. The van der Waals surface area contributed by atoms with Gasteiger partial charge in [-0.3, -0.25) is 4.79 Å². The van der Waals surface area contributed by atoms with Gasteiger partial charge in [0.05, 0.1) is 24.2 Å². The second kappa shape index (κ2) is 10.0. The molecule has 0 radical (unpaired) electrons. The van der Waals surface area contributed by atoms with Gasteiger partial charge >= 0.3 is 5.97 Å². The number of allylic oxidation sites excluding steroid dienone is 2. The molecule has 0 saturated heterocycles. The molecule has 188 valence electrons. The van der Waals surface area contributed by atoms with Gasteiger partial charge in [-0.1, -0.05) is 43.4 Å². The number of hydrogen-bond donors (Lipinski definition) is 2. The Morgan fingerprint density at radius 2 is 2.03 bits per heavy atom. The number of benzene rings is 1. The maximum absolute atomic E-state index is 13.6. The van der Waals surface area contributed by atoms with E-state index in [1.54, 1.807) is 13.2 Å². The summed E-state index contributed by atoms with van der Waals surface area (Å²) in [5.41, 5.74) is 1.66. The Kier molecular flexibility index (Phi) is 7.22. The van der Waals surface area contributed by atoms with E-state index in [0.717, 1.165) is 36.1 Å². The fraction of sp³-hybridized carbons (Fsp3) is 0.517. The molecule has 1 amide bonds. The molecule has 2 fully saturated rings. The standard InChI is InChI=1S/C29H37NO5/c1-19-5-12-24-28(2,23(19)11-8-21-15-18-35-26(21)32)16-13-25(31)29(24,3)27(33)30-17-14-20-6-9-22(34-4)10-7-20/h6-11,15,23-25,31H,1,5,12-14,16-18H2,2-4H3,(H,30,33)/b11-8+/t23-,24+,25-,28+,29+/m1/s1. The molecule has 0 bridgehead atoms. The van der Waals surface area contributed by atoms with Gasteiger partial charge in [-0.2, -0.15) is 0 Å². The third-order valence-corrected chi connectivity index (χ3v) is 8.64. The lowest BCUT2D eigenvalue weighted by Crippen LogP contribution is -2.61. The van der Waals surface area contributed by atoms with Gasteiger partial charge in [0.15, 0.2) is 0 Å². The van der Waals surface area contributed by atoms with Crippen LogP contribution in [0.5, 0.6) is 5.75 Å². The number of aliphatic hydroxyl groups excluding tert-OH is 1. The van der Waals surface area contributed by atoms with Crippen molar-refractivity contribution in [2.75, 3.05) is 20.3 Å². The molecular weight excluding hydrogens is 442 g/mol. The van der Waals surface area contributed by atoms with Crippen molar-refractivity contribution in [2.45, 2.75) is 52.1 Å². The Morgan fingerprint density at radius 3 is 2.69 bits per heavy atom. The average molecular weight is 480 g/mol. The van der Waals surface area contributed by atoms with Crippen molar-refractivity contribution in [3.05, 3.63) is 65.8 Å². The number of amides is 1. The zero-order chi connectivity index (χ0) is 25.2. The lowest BCUT2D eigenvalue weighted by molar-refractivity contribution is -0.164. The summed E-state index contributed by atoms with van der Waals surface area (Å²) in [7, 11) is 1.64. The first-order valence-electron chi connectivity index (χ1n) is 12.5. The fourth-order valence-electron chi connectivity index (χ4n) is 6.47. The van der Waals surface area contributed by atoms with Crippen LogP contribution < -0.4 is 10.1 Å². The molecule has 1 aliphatic heterocycles. The normalized spacial score (nSPS) is 32.7. The largest absolute Gasteiger partial charge is 0.497 e. The number of esters is 1. The minimum atomic E-state index is -0.898. The molecule has 0 unspecified atom stereocenters. The molecule has 5 atom stereocenters. The van der Waals surface area contributed by atoms with Crippen LogP contribution >= 0.6 is 0 Å². The molecule has 1 aromatic carbocycles. The minimum absolute atomic E-state index is 0.00982. The van der Waals surface area contributed by atoms with E-state index >= 15 is 0 Å². The van der Waals surface area contributed by atoms with E-state index < -0.39 is 11.5 Å². The topological polar surface area (TPSA) is 84.9 Å². The maximum Gasteiger partial charge on any atom is 0.338 e. The number of ether oxygens (including phenoxy) is 2. The number of carbonyl (C=O) groups excluding carboxylic acids is 2. The van der Waals surface area contributed by atoms with Gasteiger partial charge in [0.25, 0.3) is 0 Å². The molecule has 2 saturated carbocycles. The van der Waals surface area contributed by atoms with Crippen molar-refractivity contribution in [3.63, 3.8) is 0 Å². The van der Waals surface area contributed by atoms with Gasteiger partial charge in [0, 0.05) is 12.5 Å². The van der Waals surface area contributed by atoms with E-state index in [0.29, 0.717) is 31.6 Å². The van der Waals surface area contributed by atoms with Crippen LogP contribution in [-0.4, -0.2) is 43.3 Å². The predicted octanol–water partition coefficient (Wildman–Crippen LogP) is 4.14. The zero-order valence-electron chi connectivity index (χ0n) is 21.0. The van der Waals surface area contributed by atoms with E-state index in [4.69, 9.17) is 9.47 Å². The van der Waals surface area contributed by atoms with Crippen molar-refractivity contribution < 1.29 is 24.2 Å². The molecular formula is C29H37NO5. The first-order valence-corrected chi connectivity index (χ1v) is 12.5. The molecule has 4 rings (SSSR count). The highest BCUT2D eigenvalue weighted by Crippen LogP contribution is 2.61. The Morgan fingerprint density at radius 1 is 1.29 bits per heavy atom. The summed E-state index contributed by atoms with van der Waals surface area (Å²) in [6.07, 6.45) is 8.65. The number of carbonyl (C=O) groups is 2. The van der Waals surface area contributed by atoms with Crippen LogP contribution in [0.15, 0.2) is 60.2 Å². The molecule has 1 aromatic rings. The summed E-state index contributed by atoms with van der Waals surface area (Å²) in [6, 6.07) is 7.83. The second-order valence-electron chi connectivity index (χ2n) is 10.5. The van der Waals surface area contributed by atoms with E-state index in [2.05, 4.69) is 24.9 Å². The molecule has 0 aromatic heterocycles. The highest BCUT2D eigenvalue weighted by Gasteiger charge is 2.60. The summed E-state index contributed by atoms with van der Waals surface area (Å²) < 4.78 is 10.2. The minimum Gasteiger partial charge on any atom is -0.497 e. The van der Waals surface area contributed by atoms with Crippen LogP contribution in [0.4, 0.5) is 0 Å². The monoisotopic (exact) mass is 479 g/mol. The summed E-state index contributed by atoms with van der Waals surface area (Å²) in [4.78, 5) is 25.5. The van der Waals surface area contributed by atoms with E-state index in [-0.39, 0.29) is 29.1 Å². The van der Waals surface area contributed by atoms with Crippen LogP contribution in [0.2, 0.25) is 0 Å². The maximum atomic E-state index is 13.6. The molecule has 6 nitrogen and oxygen atoms in total. The number of methoxy groups -OCH3 is 1. The smallest absolute Gasteiger partial charge is 0.338 e. The number of nitrogens with one attached hydrogen (secondary N) is 1. The van der Waals surface area contributed by atoms with Gasteiger partial charge < -0.3 is 19.9 Å². The third-order valence-electron chi connectivity index (χ3n) is 8.64. The molecule has 35 heavy (non-hydrogen) atoms. The van der Waals surface area contributed by atoms with Gasteiger partial charge in [-0.25, -0.2) is 4.79 Å². The van der Waals surface area contributed by atoms with Crippen LogP contribution in [-0.2, 0) is 20.7 Å². The Labute approximate surface area is 208 Å². The molecule has 6 heteroatoms. The van der Waals surface area contributed by atoms with Crippen LogP contribution in [0.3, 0.4) is 0 Å². The van der Waals surface area contributed by atoms with Crippen LogP contribution in [0.25, 0.3) is 0 Å². The van der Waals surface area contributed by atoms with E-state index in [1.807, 2.05) is 37.3 Å². The number of fused-ring (bicyclic) bond motifs is 1. The first-order chi connectivity index (χ1) is 16.7. The highest BCUT2D eigenvalue weighted by atomic mass is 16.5. The second-order valence-corrected chi connectivity index (χ2v) is 10.5. The molecule has 3 aliphatic rings. The Hall–Kier alpha value is -2.86. The van der Waals surface area contributed by atoms with Crippen molar-refractivity contribution in [3.8, 4) is 5.75 Å².